The molecule has 11 rings (SSSR count). The van der Waals surface area contributed by atoms with Crippen LogP contribution in [0.25, 0.3) is 0 Å². The largest absolute Gasteiger partial charge is 0.385 e. The Bertz CT molecular complexity index is 3520. The van der Waals surface area contributed by atoms with Gasteiger partial charge in [0.1, 0.15) is 23.3 Å². The molecule has 0 radical (unpaired) electrons. The third-order valence-corrected chi connectivity index (χ3v) is 23.9. The second-order valence-electron chi connectivity index (χ2n) is 52.5. The molecular formula is C113H212F3N9O3. The van der Waals surface area contributed by atoms with Crippen LogP contribution < -0.4 is 0 Å². The Balaban J connectivity index is -0.00000132. The zero-order chi connectivity index (χ0) is 101. The number of aromatic nitrogens is 5. The van der Waals surface area contributed by atoms with E-state index in [1.807, 2.05) is 76.9 Å². The van der Waals surface area contributed by atoms with E-state index in [0.29, 0.717) is 54.6 Å². The smallest absolute Gasteiger partial charge is 0.141 e. The van der Waals surface area contributed by atoms with Gasteiger partial charge in [0.25, 0.3) is 0 Å². The normalized spacial score (nSPS) is 17.1. The van der Waals surface area contributed by atoms with Crippen LogP contribution in [0.3, 0.4) is 0 Å². The SMILES string of the molecule is CC(C)(C)C.CC(C)(C)C1(C)CC1.CC(C)(C)C1CC1.CC(C)(C)C1CCOC1.CC(C)(C)Cc1ccc(F)cc1.CC(C)(C)N1CCCC1.CC(C)(C)N1CCCCC1.CC(C)(C)N1CCOCC1.CC(C)(C)c1ccc(F)cc1.CC(C)(C)c1cncc(F)c1.CN(C)C(C)(C)C.COCCC(C)(C)C.Cc1nc(C(C)(C)C)cn1C.Cn1nccc1C(C)(C)C. The van der Waals surface area contributed by atoms with E-state index in [4.69, 9.17) is 14.2 Å². The van der Waals surface area contributed by atoms with Gasteiger partial charge in [-0.1, -0.05) is 252 Å². The van der Waals surface area contributed by atoms with Crippen LogP contribution >= 0.6 is 0 Å². The van der Waals surface area contributed by atoms with Crippen LogP contribution in [-0.2, 0) is 56.4 Å². The van der Waals surface area contributed by atoms with Gasteiger partial charge in [-0.05, 0) is 315 Å². The van der Waals surface area contributed by atoms with Crippen molar-refractivity contribution in [1.82, 2.24) is 43.9 Å². The highest BCUT2D eigenvalue weighted by atomic mass is 19.1. The number of rotatable bonds is 3. The number of methoxy groups -OCH3 is 1. The topological polar surface area (TPSA) is 89.2 Å². The Morgan fingerprint density at radius 1 is 0.461 bits per heavy atom. The Kier molecular flexibility index (Phi) is 56.0. The summed E-state index contributed by atoms with van der Waals surface area (Å²) in [5, 5.41) is 4.10. The van der Waals surface area contributed by atoms with Crippen LogP contribution in [0.4, 0.5) is 13.2 Å². The number of benzene rings is 2. The summed E-state index contributed by atoms with van der Waals surface area (Å²) in [5.41, 5.74) is 11.2. The van der Waals surface area contributed by atoms with Crippen molar-refractivity contribution in [2.45, 2.75) is 432 Å². The molecule has 6 aliphatic rings. The Morgan fingerprint density at radius 3 is 1.06 bits per heavy atom. The van der Waals surface area contributed by atoms with Crippen molar-refractivity contribution in [3.05, 3.63) is 137 Å². The van der Waals surface area contributed by atoms with Gasteiger partial charge in [-0.2, -0.15) is 5.10 Å². The summed E-state index contributed by atoms with van der Waals surface area (Å²) < 4.78 is 57.1. The quantitative estimate of drug-likeness (QED) is 0.174. The standard InChI is InChI=1S/C11H15F.C10H13F.C9H12FN.C9H16N2.C9H19N.C8H14N2.C8H17NO.C8H17N.C8H16O.C8H16.C7H16O.C7H14.C6H15N.C5H12/c1-11(2,3)8-9-4-6-10(12)7-5-9;1-10(2,3)8-4-6-9(11)7-5-8;1-9(2,3)7-4-8(10)6-11-5-7;1-7-10-8(6-11(7)5)9(2,3)4;1-9(2,3)10-7-5-4-6-8-10;1-8(2,3)7-5-6-9-10(7)4;1-8(2,3)9-4-6-10-7-5-9;1-8(2,3)9-6-4-5-7-9;1-8(2,3)7-4-5-9-6-7;1-7(2,3)8(4)5-6-8;1-7(2,3)5-6-8-4;1-7(2,3)6-4-5-6;1-6(2,3)7(4)5;1-5(2,3)4/h4-7H,8H2,1-3H3;4-7H,1-3H3;4-6H,1-3H3;6H,1-5H3;4-8H2,1-3H3;5-6H,1-4H3;4-7H2,1-3H3;4-7H2,1-3H3;7H,4-6H2,1-3H3;2*5-6H2,1-4H3;6H,4-5H2,1-3H3;1-5H3;1-4H3. The molecule has 2 aromatic carbocycles. The number of aryl methyl sites for hydroxylation is 3. The van der Waals surface area contributed by atoms with Gasteiger partial charge in [0.05, 0.1) is 25.1 Å². The fraction of sp³-hybridized carbons (Fsp3) is 0.796. The number of morpholine rings is 1. The maximum absolute atomic E-state index is 12.6. The third-order valence-electron chi connectivity index (χ3n) is 23.9. The third kappa shape index (κ3) is 65.2. The maximum atomic E-state index is 12.6. The van der Waals surface area contributed by atoms with Crippen molar-refractivity contribution in [2.24, 2.45) is 63.8 Å². The molecule has 1 atom stereocenters. The van der Waals surface area contributed by atoms with E-state index in [1.165, 1.54) is 144 Å². The minimum Gasteiger partial charge on any atom is -0.385 e. The fourth-order valence-corrected chi connectivity index (χ4v) is 12.7. The summed E-state index contributed by atoms with van der Waals surface area (Å²) in [6.07, 6.45) is 23.1. The maximum Gasteiger partial charge on any atom is 0.141 e. The highest BCUT2D eigenvalue weighted by Crippen LogP contribution is 2.57. The van der Waals surface area contributed by atoms with Gasteiger partial charge in [-0.3, -0.25) is 24.4 Å². The van der Waals surface area contributed by atoms with Crippen molar-refractivity contribution in [2.75, 3.05) is 93.5 Å². The Hall–Kier alpha value is -4.48. The van der Waals surface area contributed by atoms with E-state index in [0.717, 1.165) is 87.9 Å². The molecule has 128 heavy (non-hydrogen) atoms. The molecular weight excluding hydrogens is 1590 g/mol. The van der Waals surface area contributed by atoms with E-state index >= 15 is 0 Å². The second-order valence-corrected chi connectivity index (χ2v) is 52.5. The summed E-state index contributed by atoms with van der Waals surface area (Å²) >= 11 is 0. The number of ether oxygens (including phenoxy) is 3. The van der Waals surface area contributed by atoms with E-state index in [-0.39, 0.29) is 44.5 Å². The van der Waals surface area contributed by atoms with Gasteiger partial charge in [0.15, 0.2) is 0 Å². The highest BCUT2D eigenvalue weighted by molar-refractivity contribution is 5.23. The zero-order valence-electron chi connectivity index (χ0n) is 93.9. The van der Waals surface area contributed by atoms with Crippen molar-refractivity contribution in [1.29, 1.82) is 0 Å². The molecule has 1 unspecified atom stereocenters. The molecule has 4 saturated heterocycles. The van der Waals surface area contributed by atoms with Crippen molar-refractivity contribution in [3.63, 3.8) is 0 Å². The highest BCUT2D eigenvalue weighted by Gasteiger charge is 2.47. The molecule has 748 valence electrons. The van der Waals surface area contributed by atoms with Crippen molar-refractivity contribution >= 4 is 0 Å². The molecule has 15 heteroatoms. The van der Waals surface area contributed by atoms with Gasteiger partial charge in [0, 0.05) is 111 Å². The summed E-state index contributed by atoms with van der Waals surface area (Å²) in [6.45, 7) is 112. The molecule has 6 fully saturated rings. The summed E-state index contributed by atoms with van der Waals surface area (Å²) in [7, 11) is 9.91. The molecule has 2 saturated carbocycles. The first kappa shape index (κ1) is 128. The van der Waals surface area contributed by atoms with Gasteiger partial charge in [-0.15, -0.1) is 0 Å². The van der Waals surface area contributed by atoms with E-state index in [2.05, 4.69) is 349 Å². The van der Waals surface area contributed by atoms with Crippen LogP contribution in [0.1, 0.15) is 409 Å². The Morgan fingerprint density at radius 2 is 0.859 bits per heavy atom. The molecule has 5 aromatic rings. The van der Waals surface area contributed by atoms with Gasteiger partial charge in [0.2, 0.25) is 0 Å². The van der Waals surface area contributed by atoms with Crippen LogP contribution in [0, 0.1) is 74.1 Å². The van der Waals surface area contributed by atoms with Gasteiger partial charge >= 0.3 is 0 Å². The van der Waals surface area contributed by atoms with Crippen molar-refractivity contribution in [3.8, 4) is 0 Å². The number of likely N-dealkylation sites (tertiary alicyclic amines) is 2. The number of nitrogens with zero attached hydrogens (tertiary/aromatic N) is 9. The van der Waals surface area contributed by atoms with E-state index in [1.54, 1.807) is 13.3 Å². The first-order valence-electron chi connectivity index (χ1n) is 49.1. The second kappa shape index (κ2) is 56.1. The van der Waals surface area contributed by atoms with Crippen LogP contribution in [-0.4, -0.2) is 160 Å². The van der Waals surface area contributed by atoms with Crippen LogP contribution in [0.2, 0.25) is 0 Å². The minimum absolute atomic E-state index is 0.0188. The molecule has 3 aromatic heterocycles. The lowest BCUT2D eigenvalue weighted by Crippen LogP contribution is -2.47. The first-order valence-corrected chi connectivity index (χ1v) is 49.1. The molecule has 0 amide bonds. The number of imidazole rings is 1. The predicted octanol–water partition coefficient (Wildman–Crippen LogP) is 30.9. The molecule has 4 aliphatic heterocycles. The summed E-state index contributed by atoms with van der Waals surface area (Å²) in [5.74, 6) is 2.32. The van der Waals surface area contributed by atoms with Gasteiger partial charge < -0.3 is 23.7 Å². The minimum atomic E-state index is -0.266. The zero-order valence-corrected chi connectivity index (χ0v) is 93.9. The molecule has 0 bridgehead atoms. The molecule has 0 spiro atoms. The average molecular weight is 1800 g/mol. The lowest BCUT2D eigenvalue weighted by atomic mass is 9.79. The molecule has 2 aliphatic carbocycles. The van der Waals surface area contributed by atoms with E-state index < -0.39 is 0 Å². The van der Waals surface area contributed by atoms with Gasteiger partial charge in [-0.25, -0.2) is 18.2 Å². The average Bonchev–Trinajstić information content (AvgIpc) is 1.63. The fourth-order valence-electron chi connectivity index (χ4n) is 12.7. The monoisotopic (exact) mass is 1800 g/mol. The lowest BCUT2D eigenvalue weighted by Gasteiger charge is -2.38. The van der Waals surface area contributed by atoms with E-state index in [9.17, 15) is 13.2 Å². The number of piperidine rings is 1. The first-order chi connectivity index (χ1) is 57.4. The lowest BCUT2D eigenvalue weighted by molar-refractivity contribution is -0.00389. The number of hydrogen-bond acceptors (Lipinski definition) is 10. The van der Waals surface area contributed by atoms with Crippen molar-refractivity contribution < 1.29 is 27.4 Å². The Labute approximate surface area is 793 Å². The molecule has 0 N–H and O–H groups in total. The molecule has 7 heterocycles. The number of pyridine rings is 1. The molecule has 12 nitrogen and oxygen atoms in total. The predicted molar refractivity (Wildman–Crippen MR) is 556 cm³/mol. The van der Waals surface area contributed by atoms with Crippen LogP contribution in [0.15, 0.2) is 85.5 Å². The summed E-state index contributed by atoms with van der Waals surface area (Å²) in [4.78, 5) is 18.0. The number of halogens is 3. The number of hydrogen-bond donors (Lipinski definition) is 0. The summed E-state index contributed by atoms with van der Waals surface area (Å²) in [6, 6.07) is 17.0. The van der Waals surface area contributed by atoms with Crippen LogP contribution in [0.5, 0.6) is 0 Å².